The Hall–Kier alpha value is -2.82. The van der Waals surface area contributed by atoms with Crippen molar-refractivity contribution in [3.63, 3.8) is 0 Å². The van der Waals surface area contributed by atoms with Gasteiger partial charge < -0.3 is 19.2 Å². The van der Waals surface area contributed by atoms with Gasteiger partial charge in [-0.15, -0.1) is 0 Å². The number of H-pyrrole nitrogens is 1. The van der Waals surface area contributed by atoms with E-state index in [1.165, 1.54) is 12.1 Å². The highest BCUT2D eigenvalue weighted by Crippen LogP contribution is 2.42. The maximum Gasteiger partial charge on any atom is 0.468 e. The van der Waals surface area contributed by atoms with Gasteiger partial charge in [0, 0.05) is 24.4 Å². The summed E-state index contributed by atoms with van der Waals surface area (Å²) in [6, 6.07) is 5.81. The zero-order chi connectivity index (χ0) is 19.9. The molecule has 1 aliphatic heterocycles. The molecule has 148 valence electrons. The van der Waals surface area contributed by atoms with E-state index in [0.29, 0.717) is 23.6 Å². The number of nitrogens with one attached hydrogen (secondary N) is 1. The van der Waals surface area contributed by atoms with Gasteiger partial charge in [0.1, 0.15) is 5.75 Å². The predicted octanol–water partition coefficient (Wildman–Crippen LogP) is 3.32. The van der Waals surface area contributed by atoms with Crippen LogP contribution in [-0.2, 0) is 16.6 Å². The second kappa shape index (κ2) is 6.97. The normalized spacial score (nSPS) is 18.8. The summed E-state index contributed by atoms with van der Waals surface area (Å²) >= 11 is 0. The van der Waals surface area contributed by atoms with Crippen LogP contribution in [0.3, 0.4) is 0 Å². The number of benzene rings is 1. The van der Waals surface area contributed by atoms with Crippen LogP contribution in [0.2, 0.25) is 0 Å². The van der Waals surface area contributed by atoms with Crippen molar-refractivity contribution in [1.82, 2.24) is 15.0 Å². The van der Waals surface area contributed by atoms with E-state index >= 15 is 0 Å². The third-order valence-electron chi connectivity index (χ3n) is 3.86. The molecular weight excluding hydrogens is 399 g/mol. The van der Waals surface area contributed by atoms with Gasteiger partial charge in [-0.1, -0.05) is 0 Å². The molecule has 0 saturated heterocycles. The standard InChI is InChI=1S/C17H14F3N3O4S/c1-2-25-10-3-4-21-9(5-10)8-28(24)16-22-11-6-13-14(7-12(11)23-16)27-17(19,20)15(18)26-13/h3-7,15H,2,8H2,1H3,(H,22,23). The molecule has 2 aromatic heterocycles. The highest BCUT2D eigenvalue weighted by Gasteiger charge is 2.49. The zero-order valence-electron chi connectivity index (χ0n) is 14.4. The number of aromatic nitrogens is 3. The number of hydrogen-bond donors (Lipinski definition) is 1. The van der Waals surface area contributed by atoms with Gasteiger partial charge in [0.05, 0.1) is 39.9 Å². The number of nitrogens with zero attached hydrogens (tertiary/aromatic N) is 2. The molecule has 0 spiro atoms. The molecule has 3 aromatic rings. The summed E-state index contributed by atoms with van der Waals surface area (Å²) in [7, 11) is -1.59. The maximum atomic E-state index is 13.3. The Labute approximate surface area is 159 Å². The van der Waals surface area contributed by atoms with Crippen LogP contribution in [0.4, 0.5) is 13.2 Å². The summed E-state index contributed by atoms with van der Waals surface area (Å²) in [4.78, 5) is 11.1. The van der Waals surface area contributed by atoms with Crippen molar-refractivity contribution in [2.24, 2.45) is 0 Å². The van der Waals surface area contributed by atoms with Gasteiger partial charge in [-0.05, 0) is 13.0 Å². The predicted molar refractivity (Wildman–Crippen MR) is 92.7 cm³/mol. The number of halogens is 3. The molecule has 0 aliphatic carbocycles. The van der Waals surface area contributed by atoms with Crippen molar-refractivity contribution in [3.05, 3.63) is 36.2 Å². The highest BCUT2D eigenvalue weighted by molar-refractivity contribution is 7.84. The second-order valence-corrected chi connectivity index (χ2v) is 7.23. The van der Waals surface area contributed by atoms with Crippen LogP contribution in [0.5, 0.6) is 17.2 Å². The molecule has 1 aliphatic rings. The molecule has 0 radical (unpaired) electrons. The van der Waals surface area contributed by atoms with E-state index in [2.05, 4.69) is 24.4 Å². The Bertz CT molecular complexity index is 1060. The lowest BCUT2D eigenvalue weighted by molar-refractivity contribution is -0.281. The largest absolute Gasteiger partial charge is 0.494 e. The van der Waals surface area contributed by atoms with Gasteiger partial charge in [0.25, 0.3) is 0 Å². The van der Waals surface area contributed by atoms with Crippen molar-refractivity contribution in [2.45, 2.75) is 30.3 Å². The van der Waals surface area contributed by atoms with Crippen LogP contribution in [0.1, 0.15) is 12.6 Å². The highest BCUT2D eigenvalue weighted by atomic mass is 32.2. The topological polar surface area (TPSA) is 86.3 Å². The lowest BCUT2D eigenvalue weighted by Gasteiger charge is -2.28. The Kier molecular flexibility index (Phi) is 4.61. The van der Waals surface area contributed by atoms with Crippen molar-refractivity contribution >= 4 is 21.8 Å². The lowest BCUT2D eigenvalue weighted by atomic mass is 10.2. The minimum atomic E-state index is -4.09. The monoisotopic (exact) mass is 413 g/mol. The SMILES string of the molecule is CCOc1ccnc(CS(=O)c2nc3cc4c(cc3[nH]2)OC(F)(F)C(F)O4)c1. The van der Waals surface area contributed by atoms with Crippen molar-refractivity contribution in [3.8, 4) is 17.2 Å². The molecule has 2 unspecified atom stereocenters. The second-order valence-electron chi connectivity index (χ2n) is 5.86. The molecule has 11 heteroatoms. The number of rotatable bonds is 5. The van der Waals surface area contributed by atoms with Crippen LogP contribution in [0.25, 0.3) is 11.0 Å². The van der Waals surface area contributed by atoms with Crippen LogP contribution < -0.4 is 14.2 Å². The molecule has 4 rings (SSSR count). The third kappa shape index (κ3) is 3.49. The molecule has 1 aromatic carbocycles. The van der Waals surface area contributed by atoms with E-state index in [0.717, 1.165) is 0 Å². The Balaban J connectivity index is 1.60. The fourth-order valence-electron chi connectivity index (χ4n) is 2.64. The molecular formula is C17H14F3N3O4S. The Morgan fingerprint density at radius 3 is 2.93 bits per heavy atom. The fraction of sp³-hybridized carbons (Fsp3) is 0.294. The molecule has 0 saturated carbocycles. The van der Waals surface area contributed by atoms with Gasteiger partial charge in [0.2, 0.25) is 0 Å². The van der Waals surface area contributed by atoms with Crippen LogP contribution in [0.15, 0.2) is 35.6 Å². The Morgan fingerprint density at radius 2 is 2.14 bits per heavy atom. The molecule has 1 N–H and O–H groups in total. The van der Waals surface area contributed by atoms with Crippen LogP contribution in [-0.4, -0.2) is 38.2 Å². The van der Waals surface area contributed by atoms with E-state index in [1.54, 1.807) is 18.3 Å². The number of fused-ring (bicyclic) bond motifs is 2. The minimum Gasteiger partial charge on any atom is -0.494 e. The van der Waals surface area contributed by atoms with E-state index < -0.39 is 23.3 Å². The number of pyridine rings is 1. The summed E-state index contributed by atoms with van der Waals surface area (Å²) in [6.07, 6.45) is -5.47. The van der Waals surface area contributed by atoms with Gasteiger partial charge in [-0.3, -0.25) is 9.19 Å². The van der Waals surface area contributed by atoms with E-state index in [9.17, 15) is 17.4 Å². The van der Waals surface area contributed by atoms with Crippen molar-refractivity contribution in [1.29, 1.82) is 0 Å². The zero-order valence-corrected chi connectivity index (χ0v) is 15.3. The summed E-state index contributed by atoms with van der Waals surface area (Å²) in [5.41, 5.74) is 1.12. The fourth-order valence-corrected chi connectivity index (χ4v) is 3.63. The number of aromatic amines is 1. The van der Waals surface area contributed by atoms with Crippen LogP contribution in [0, 0.1) is 0 Å². The number of hydrogen-bond acceptors (Lipinski definition) is 6. The third-order valence-corrected chi connectivity index (χ3v) is 5.04. The summed E-state index contributed by atoms with van der Waals surface area (Å²) in [5, 5.41) is 0.115. The molecule has 0 bridgehead atoms. The Morgan fingerprint density at radius 1 is 1.32 bits per heavy atom. The molecule has 28 heavy (non-hydrogen) atoms. The van der Waals surface area contributed by atoms with Gasteiger partial charge in [-0.25, -0.2) is 4.98 Å². The van der Waals surface area contributed by atoms with Gasteiger partial charge in [0.15, 0.2) is 16.7 Å². The minimum absolute atomic E-state index is 0.0675. The molecule has 0 fully saturated rings. The average molecular weight is 413 g/mol. The molecule has 3 heterocycles. The van der Waals surface area contributed by atoms with Gasteiger partial charge in [-0.2, -0.15) is 13.2 Å². The average Bonchev–Trinajstić information content (AvgIpc) is 3.04. The first kappa shape index (κ1) is 18.5. The number of ether oxygens (including phenoxy) is 3. The van der Waals surface area contributed by atoms with Crippen molar-refractivity contribution in [2.75, 3.05) is 6.61 Å². The van der Waals surface area contributed by atoms with E-state index in [-0.39, 0.29) is 27.9 Å². The smallest absolute Gasteiger partial charge is 0.468 e. The first-order chi connectivity index (χ1) is 13.4. The first-order valence-corrected chi connectivity index (χ1v) is 9.55. The van der Waals surface area contributed by atoms with E-state index in [1.807, 2.05) is 6.92 Å². The first-order valence-electron chi connectivity index (χ1n) is 8.23. The van der Waals surface area contributed by atoms with E-state index in [4.69, 9.17) is 4.74 Å². The molecule has 2 atom stereocenters. The summed E-state index contributed by atoms with van der Waals surface area (Å²) in [6.45, 7) is 2.34. The van der Waals surface area contributed by atoms with Crippen molar-refractivity contribution < 1.29 is 31.6 Å². The molecule has 0 amide bonds. The van der Waals surface area contributed by atoms with Crippen LogP contribution >= 0.6 is 0 Å². The summed E-state index contributed by atoms with van der Waals surface area (Å²) in [5.74, 6) is 0.134. The number of alkyl halides is 3. The lowest BCUT2D eigenvalue weighted by Crippen LogP contribution is -2.43. The van der Waals surface area contributed by atoms with Gasteiger partial charge >= 0.3 is 12.5 Å². The maximum absolute atomic E-state index is 13.3. The number of imidazole rings is 1. The summed E-state index contributed by atoms with van der Waals surface area (Å²) < 4.78 is 66.9. The quantitative estimate of drug-likeness (QED) is 0.691. The molecule has 7 nitrogen and oxygen atoms in total.